The van der Waals surface area contributed by atoms with E-state index in [1.54, 1.807) is 24.3 Å². The summed E-state index contributed by atoms with van der Waals surface area (Å²) in [7, 11) is 0. The summed E-state index contributed by atoms with van der Waals surface area (Å²) in [6, 6.07) is 14.8. The molecule has 2 N–H and O–H groups in total. The smallest absolute Gasteiger partial charge is 0.228 e. The Morgan fingerprint density at radius 3 is 2.55 bits per heavy atom. The van der Waals surface area contributed by atoms with Crippen LogP contribution < -0.4 is 5.32 Å². The Bertz CT molecular complexity index is 832. The third-order valence-electron chi connectivity index (χ3n) is 3.56. The Kier molecular flexibility index (Phi) is 3.74. The highest BCUT2D eigenvalue weighted by molar-refractivity contribution is 5.96. The molecule has 0 aliphatic rings. The first kappa shape index (κ1) is 14.1. The van der Waals surface area contributed by atoms with Crippen LogP contribution in [0, 0.1) is 0 Å². The minimum Gasteiger partial charge on any atom is -0.361 e. The average Bonchev–Trinajstić information content (AvgIpc) is 2.95. The van der Waals surface area contributed by atoms with Gasteiger partial charge in [0.15, 0.2) is 5.78 Å². The summed E-state index contributed by atoms with van der Waals surface area (Å²) in [5.74, 6) is -0.0707. The van der Waals surface area contributed by atoms with Crippen LogP contribution in [-0.2, 0) is 11.2 Å². The van der Waals surface area contributed by atoms with Crippen LogP contribution in [0.25, 0.3) is 10.9 Å². The number of aromatic nitrogens is 1. The highest BCUT2D eigenvalue weighted by atomic mass is 16.1. The van der Waals surface area contributed by atoms with Crippen LogP contribution in [0.5, 0.6) is 0 Å². The van der Waals surface area contributed by atoms with E-state index in [0.29, 0.717) is 17.7 Å². The Balaban J connectivity index is 1.67. The molecular weight excluding hydrogens is 276 g/mol. The van der Waals surface area contributed by atoms with Gasteiger partial charge in [0.25, 0.3) is 0 Å². The van der Waals surface area contributed by atoms with Crippen molar-refractivity contribution in [3.05, 3.63) is 65.9 Å². The van der Waals surface area contributed by atoms with Crippen LogP contribution in [0.15, 0.2) is 54.7 Å². The van der Waals surface area contributed by atoms with Crippen molar-refractivity contribution in [2.24, 2.45) is 0 Å². The van der Waals surface area contributed by atoms with Crippen LogP contribution in [0.1, 0.15) is 22.8 Å². The van der Waals surface area contributed by atoms with Crippen molar-refractivity contribution in [2.45, 2.75) is 13.3 Å². The van der Waals surface area contributed by atoms with Crippen molar-refractivity contribution in [3.8, 4) is 0 Å². The molecule has 4 heteroatoms. The molecular formula is C18H16N2O2. The molecule has 0 aliphatic carbocycles. The lowest BCUT2D eigenvalue weighted by Gasteiger charge is -2.06. The molecule has 0 unspecified atom stereocenters. The summed E-state index contributed by atoms with van der Waals surface area (Å²) < 4.78 is 0. The maximum Gasteiger partial charge on any atom is 0.228 e. The number of carbonyl (C=O) groups excluding carboxylic acids is 2. The zero-order valence-electron chi connectivity index (χ0n) is 12.2. The normalized spacial score (nSPS) is 10.6. The predicted molar refractivity (Wildman–Crippen MR) is 87.1 cm³/mol. The minimum absolute atomic E-state index is 0.0112. The van der Waals surface area contributed by atoms with E-state index < -0.39 is 0 Å². The molecule has 0 aliphatic heterocycles. The SMILES string of the molecule is CC(=O)c1ccc(NC(=O)Cc2ccc3cc[nH]c3c2)cc1. The second-order valence-corrected chi connectivity index (χ2v) is 5.26. The number of amides is 1. The number of carbonyl (C=O) groups is 2. The summed E-state index contributed by atoms with van der Waals surface area (Å²) >= 11 is 0. The molecule has 3 aromatic rings. The number of benzene rings is 2. The molecule has 0 fully saturated rings. The van der Waals surface area contributed by atoms with Gasteiger partial charge in [0.2, 0.25) is 5.91 Å². The number of ketones is 1. The minimum atomic E-state index is -0.0820. The Morgan fingerprint density at radius 2 is 1.82 bits per heavy atom. The van der Waals surface area contributed by atoms with Gasteiger partial charge in [-0.1, -0.05) is 12.1 Å². The van der Waals surface area contributed by atoms with Gasteiger partial charge in [-0.2, -0.15) is 0 Å². The first-order chi connectivity index (χ1) is 10.6. The number of Topliss-reactive ketones (excluding diaryl/α,β-unsaturated/α-hetero) is 1. The quantitative estimate of drug-likeness (QED) is 0.722. The lowest BCUT2D eigenvalue weighted by Crippen LogP contribution is -2.14. The van der Waals surface area contributed by atoms with E-state index in [1.165, 1.54) is 6.92 Å². The largest absolute Gasteiger partial charge is 0.361 e. The van der Waals surface area contributed by atoms with E-state index in [1.807, 2.05) is 30.5 Å². The lowest BCUT2D eigenvalue weighted by molar-refractivity contribution is -0.115. The van der Waals surface area contributed by atoms with Crippen molar-refractivity contribution < 1.29 is 9.59 Å². The Labute approximate surface area is 128 Å². The maximum atomic E-state index is 12.1. The molecule has 110 valence electrons. The van der Waals surface area contributed by atoms with E-state index in [0.717, 1.165) is 16.5 Å². The topological polar surface area (TPSA) is 62.0 Å². The fraction of sp³-hybridized carbons (Fsp3) is 0.111. The first-order valence-corrected chi connectivity index (χ1v) is 7.09. The van der Waals surface area contributed by atoms with Crippen LogP contribution in [0.2, 0.25) is 0 Å². The summed E-state index contributed by atoms with van der Waals surface area (Å²) in [4.78, 5) is 26.4. The predicted octanol–water partition coefficient (Wildman–Crippen LogP) is 3.55. The van der Waals surface area contributed by atoms with E-state index in [2.05, 4.69) is 10.3 Å². The summed E-state index contributed by atoms with van der Waals surface area (Å²) in [5, 5.41) is 3.97. The highest BCUT2D eigenvalue weighted by Crippen LogP contribution is 2.15. The molecule has 22 heavy (non-hydrogen) atoms. The van der Waals surface area contributed by atoms with Gasteiger partial charge in [0, 0.05) is 23.0 Å². The van der Waals surface area contributed by atoms with Crippen LogP contribution >= 0.6 is 0 Å². The van der Waals surface area contributed by atoms with E-state index in [4.69, 9.17) is 0 Å². The molecule has 0 spiro atoms. The summed E-state index contributed by atoms with van der Waals surface area (Å²) in [5.41, 5.74) is 3.30. The van der Waals surface area contributed by atoms with Crippen molar-refractivity contribution >= 4 is 28.3 Å². The fourth-order valence-corrected chi connectivity index (χ4v) is 2.38. The third kappa shape index (κ3) is 3.06. The molecule has 0 radical (unpaired) electrons. The lowest BCUT2D eigenvalue weighted by atomic mass is 10.1. The van der Waals surface area contributed by atoms with Crippen molar-refractivity contribution in [1.29, 1.82) is 0 Å². The van der Waals surface area contributed by atoms with Gasteiger partial charge < -0.3 is 10.3 Å². The molecule has 1 amide bonds. The molecule has 4 nitrogen and oxygen atoms in total. The zero-order chi connectivity index (χ0) is 15.5. The molecule has 1 aromatic heterocycles. The number of fused-ring (bicyclic) bond motifs is 1. The third-order valence-corrected chi connectivity index (χ3v) is 3.56. The number of hydrogen-bond acceptors (Lipinski definition) is 2. The molecule has 1 heterocycles. The first-order valence-electron chi connectivity index (χ1n) is 7.09. The van der Waals surface area contributed by atoms with Crippen LogP contribution in [-0.4, -0.2) is 16.7 Å². The maximum absolute atomic E-state index is 12.1. The molecule has 0 bridgehead atoms. The number of rotatable bonds is 4. The fourth-order valence-electron chi connectivity index (χ4n) is 2.38. The van der Waals surface area contributed by atoms with Crippen molar-refractivity contribution in [2.75, 3.05) is 5.32 Å². The van der Waals surface area contributed by atoms with E-state index in [9.17, 15) is 9.59 Å². The number of nitrogens with one attached hydrogen (secondary N) is 2. The van der Waals surface area contributed by atoms with Crippen LogP contribution in [0.4, 0.5) is 5.69 Å². The molecule has 0 saturated carbocycles. The average molecular weight is 292 g/mol. The monoisotopic (exact) mass is 292 g/mol. The van der Waals surface area contributed by atoms with Crippen molar-refractivity contribution in [3.63, 3.8) is 0 Å². The van der Waals surface area contributed by atoms with Gasteiger partial charge in [-0.3, -0.25) is 9.59 Å². The standard InChI is InChI=1S/C18H16N2O2/c1-12(21)14-4-6-16(7-5-14)20-18(22)11-13-2-3-15-8-9-19-17(15)10-13/h2-10,19H,11H2,1H3,(H,20,22). The summed E-state index contributed by atoms with van der Waals surface area (Å²) in [6.07, 6.45) is 2.19. The number of hydrogen-bond donors (Lipinski definition) is 2. The van der Waals surface area contributed by atoms with Gasteiger partial charge >= 0.3 is 0 Å². The Hall–Kier alpha value is -2.88. The number of anilines is 1. The molecule has 0 saturated heterocycles. The summed E-state index contributed by atoms with van der Waals surface area (Å²) in [6.45, 7) is 1.52. The second kappa shape index (κ2) is 5.85. The van der Waals surface area contributed by atoms with Gasteiger partial charge in [-0.05, 0) is 54.3 Å². The molecule has 0 atom stereocenters. The Morgan fingerprint density at radius 1 is 1.05 bits per heavy atom. The highest BCUT2D eigenvalue weighted by Gasteiger charge is 2.06. The van der Waals surface area contributed by atoms with Gasteiger partial charge in [0.1, 0.15) is 0 Å². The van der Waals surface area contributed by atoms with Gasteiger partial charge in [-0.25, -0.2) is 0 Å². The van der Waals surface area contributed by atoms with Gasteiger partial charge in [0.05, 0.1) is 6.42 Å². The number of H-pyrrole nitrogens is 1. The molecule has 2 aromatic carbocycles. The molecule has 3 rings (SSSR count). The van der Waals surface area contributed by atoms with Gasteiger partial charge in [-0.15, -0.1) is 0 Å². The zero-order valence-corrected chi connectivity index (χ0v) is 12.2. The van der Waals surface area contributed by atoms with E-state index in [-0.39, 0.29) is 11.7 Å². The second-order valence-electron chi connectivity index (χ2n) is 5.26. The number of aromatic amines is 1. The van der Waals surface area contributed by atoms with Crippen molar-refractivity contribution in [1.82, 2.24) is 4.98 Å². The van der Waals surface area contributed by atoms with E-state index >= 15 is 0 Å². The van der Waals surface area contributed by atoms with Crippen LogP contribution in [0.3, 0.4) is 0 Å².